The Bertz CT molecular complexity index is 536. The molecule has 1 heterocycles. The molecule has 1 aromatic rings. The maximum atomic E-state index is 13.5. The maximum Gasteiger partial charge on any atom is 0.305 e. The molecular weight excluding hydrogens is 260 g/mol. The van der Waals surface area contributed by atoms with Crippen LogP contribution in [0.15, 0.2) is 12.1 Å². The molecule has 0 spiro atoms. The SMILES string of the molecule is O=C1CC(NCc2cc([N+](=O)[O-])c(F)cc2F)CN1. The number of nitro benzene ring substituents is 1. The first-order chi connectivity index (χ1) is 8.97. The molecule has 2 rings (SSSR count). The topological polar surface area (TPSA) is 84.3 Å². The van der Waals surface area contributed by atoms with Gasteiger partial charge in [-0.3, -0.25) is 14.9 Å². The third kappa shape index (κ3) is 3.02. The normalized spacial score (nSPS) is 18.4. The molecule has 0 aromatic heterocycles. The Morgan fingerprint density at radius 2 is 2.16 bits per heavy atom. The Balaban J connectivity index is 2.09. The quantitative estimate of drug-likeness (QED) is 0.628. The van der Waals surface area contributed by atoms with Gasteiger partial charge in [-0.05, 0) is 0 Å². The molecule has 19 heavy (non-hydrogen) atoms. The summed E-state index contributed by atoms with van der Waals surface area (Å²) in [5.41, 5.74) is -0.772. The van der Waals surface area contributed by atoms with Crippen molar-refractivity contribution >= 4 is 11.6 Å². The summed E-state index contributed by atoms with van der Waals surface area (Å²) < 4.78 is 26.6. The standard InChI is InChI=1S/C11H11F2N3O3/c12-8-3-9(13)10(16(18)19)1-6(8)4-14-7-2-11(17)15-5-7/h1,3,7,14H,2,4-5H2,(H,15,17). The highest BCUT2D eigenvalue weighted by Crippen LogP contribution is 2.21. The highest BCUT2D eigenvalue weighted by molar-refractivity contribution is 5.78. The smallest absolute Gasteiger partial charge is 0.305 e. The van der Waals surface area contributed by atoms with Gasteiger partial charge in [0, 0.05) is 43.2 Å². The monoisotopic (exact) mass is 271 g/mol. The van der Waals surface area contributed by atoms with E-state index in [0.29, 0.717) is 12.6 Å². The highest BCUT2D eigenvalue weighted by atomic mass is 19.1. The zero-order valence-electron chi connectivity index (χ0n) is 9.78. The fourth-order valence-electron chi connectivity index (χ4n) is 1.86. The molecule has 1 atom stereocenters. The van der Waals surface area contributed by atoms with Crippen LogP contribution in [0.25, 0.3) is 0 Å². The van der Waals surface area contributed by atoms with Crippen LogP contribution in [0, 0.1) is 21.7 Å². The lowest BCUT2D eigenvalue weighted by Crippen LogP contribution is -2.30. The first kappa shape index (κ1) is 13.3. The number of hydrogen-bond acceptors (Lipinski definition) is 4. The fraction of sp³-hybridized carbons (Fsp3) is 0.364. The van der Waals surface area contributed by atoms with Gasteiger partial charge in [0.25, 0.3) is 0 Å². The summed E-state index contributed by atoms with van der Waals surface area (Å²) in [7, 11) is 0. The first-order valence-electron chi connectivity index (χ1n) is 5.59. The van der Waals surface area contributed by atoms with E-state index in [0.717, 1.165) is 6.07 Å². The fourth-order valence-corrected chi connectivity index (χ4v) is 1.86. The summed E-state index contributed by atoms with van der Waals surface area (Å²) in [4.78, 5) is 20.6. The number of benzene rings is 1. The number of halogens is 2. The summed E-state index contributed by atoms with van der Waals surface area (Å²) in [6, 6.07) is 1.20. The molecule has 1 amide bonds. The van der Waals surface area contributed by atoms with Crippen LogP contribution in [-0.4, -0.2) is 23.4 Å². The maximum absolute atomic E-state index is 13.5. The number of hydrogen-bond donors (Lipinski definition) is 2. The lowest BCUT2D eigenvalue weighted by Gasteiger charge is -2.10. The Labute approximate surface area is 106 Å². The molecule has 2 N–H and O–H groups in total. The third-order valence-corrected chi connectivity index (χ3v) is 2.87. The Hall–Kier alpha value is -2.09. The summed E-state index contributed by atoms with van der Waals surface area (Å²) in [5, 5.41) is 16.0. The van der Waals surface area contributed by atoms with E-state index in [9.17, 15) is 23.7 Å². The first-order valence-corrected chi connectivity index (χ1v) is 5.59. The van der Waals surface area contributed by atoms with Crippen molar-refractivity contribution in [1.29, 1.82) is 0 Å². The van der Waals surface area contributed by atoms with Crippen molar-refractivity contribution in [3.63, 3.8) is 0 Å². The average molecular weight is 271 g/mol. The molecule has 1 fully saturated rings. The second-order valence-corrected chi connectivity index (χ2v) is 4.24. The van der Waals surface area contributed by atoms with E-state index >= 15 is 0 Å². The third-order valence-electron chi connectivity index (χ3n) is 2.87. The Kier molecular flexibility index (Phi) is 3.70. The lowest BCUT2D eigenvalue weighted by molar-refractivity contribution is -0.387. The van der Waals surface area contributed by atoms with Gasteiger partial charge >= 0.3 is 5.69 Å². The molecule has 0 bridgehead atoms. The molecule has 1 unspecified atom stereocenters. The predicted molar refractivity (Wildman–Crippen MR) is 61.3 cm³/mol. The van der Waals surface area contributed by atoms with Gasteiger partial charge in [-0.2, -0.15) is 4.39 Å². The van der Waals surface area contributed by atoms with Crippen LogP contribution in [0.1, 0.15) is 12.0 Å². The van der Waals surface area contributed by atoms with Crippen LogP contribution in [0.4, 0.5) is 14.5 Å². The van der Waals surface area contributed by atoms with Crippen molar-refractivity contribution in [3.05, 3.63) is 39.4 Å². The van der Waals surface area contributed by atoms with Gasteiger partial charge in [0.05, 0.1) is 4.92 Å². The minimum atomic E-state index is -1.20. The van der Waals surface area contributed by atoms with E-state index in [-0.39, 0.29) is 30.5 Å². The number of carbonyl (C=O) groups is 1. The number of nitrogens with zero attached hydrogens (tertiary/aromatic N) is 1. The van der Waals surface area contributed by atoms with Crippen molar-refractivity contribution in [2.24, 2.45) is 0 Å². The molecule has 1 aliphatic heterocycles. The van der Waals surface area contributed by atoms with Crippen molar-refractivity contribution in [2.45, 2.75) is 19.0 Å². The molecule has 1 aromatic carbocycles. The molecule has 8 heteroatoms. The van der Waals surface area contributed by atoms with Gasteiger partial charge in [0.15, 0.2) is 0 Å². The van der Waals surface area contributed by atoms with Gasteiger partial charge in [-0.15, -0.1) is 0 Å². The number of nitro groups is 1. The number of nitrogens with one attached hydrogen (secondary N) is 2. The highest BCUT2D eigenvalue weighted by Gasteiger charge is 2.22. The van der Waals surface area contributed by atoms with E-state index in [1.54, 1.807) is 0 Å². The predicted octanol–water partition coefficient (Wildman–Crippen LogP) is 0.851. The van der Waals surface area contributed by atoms with Crippen LogP contribution < -0.4 is 10.6 Å². The summed E-state index contributed by atoms with van der Waals surface area (Å²) >= 11 is 0. The molecule has 1 aliphatic rings. The van der Waals surface area contributed by atoms with Crippen molar-refractivity contribution in [1.82, 2.24) is 10.6 Å². The van der Waals surface area contributed by atoms with Crippen LogP contribution in [0.5, 0.6) is 0 Å². The molecule has 0 aliphatic carbocycles. The summed E-state index contributed by atoms with van der Waals surface area (Å²) in [6.07, 6.45) is 0.269. The van der Waals surface area contributed by atoms with Crippen molar-refractivity contribution < 1.29 is 18.5 Å². The zero-order chi connectivity index (χ0) is 14.0. The summed E-state index contributed by atoms with van der Waals surface area (Å²) in [5.74, 6) is -2.17. The Morgan fingerprint density at radius 1 is 1.42 bits per heavy atom. The second kappa shape index (κ2) is 5.27. The van der Waals surface area contributed by atoms with E-state index in [4.69, 9.17) is 0 Å². The van der Waals surface area contributed by atoms with Gasteiger partial charge < -0.3 is 10.6 Å². The average Bonchev–Trinajstić information content (AvgIpc) is 2.73. The molecule has 0 saturated carbocycles. The molecule has 6 nitrogen and oxygen atoms in total. The van der Waals surface area contributed by atoms with Crippen molar-refractivity contribution in [2.75, 3.05) is 6.54 Å². The minimum Gasteiger partial charge on any atom is -0.354 e. The number of rotatable bonds is 4. The number of carbonyl (C=O) groups excluding carboxylic acids is 1. The molecule has 102 valence electrons. The summed E-state index contributed by atoms with van der Waals surface area (Å²) in [6.45, 7) is 0.413. The van der Waals surface area contributed by atoms with Gasteiger partial charge in [-0.1, -0.05) is 0 Å². The van der Waals surface area contributed by atoms with E-state index in [1.165, 1.54) is 0 Å². The second-order valence-electron chi connectivity index (χ2n) is 4.24. The minimum absolute atomic E-state index is 0.00699. The zero-order valence-corrected chi connectivity index (χ0v) is 9.78. The van der Waals surface area contributed by atoms with Gasteiger partial charge in [0.1, 0.15) is 5.82 Å². The van der Waals surface area contributed by atoms with Gasteiger partial charge in [0.2, 0.25) is 11.7 Å². The van der Waals surface area contributed by atoms with E-state index < -0.39 is 22.2 Å². The van der Waals surface area contributed by atoms with Gasteiger partial charge in [-0.25, -0.2) is 4.39 Å². The van der Waals surface area contributed by atoms with E-state index in [2.05, 4.69) is 10.6 Å². The van der Waals surface area contributed by atoms with Crippen LogP contribution in [-0.2, 0) is 11.3 Å². The molecular formula is C11H11F2N3O3. The van der Waals surface area contributed by atoms with Crippen LogP contribution in [0.3, 0.4) is 0 Å². The van der Waals surface area contributed by atoms with E-state index in [1.807, 2.05) is 0 Å². The lowest BCUT2D eigenvalue weighted by atomic mass is 10.1. The number of amides is 1. The Morgan fingerprint density at radius 3 is 2.74 bits per heavy atom. The molecule has 1 saturated heterocycles. The van der Waals surface area contributed by atoms with Crippen LogP contribution >= 0.6 is 0 Å². The van der Waals surface area contributed by atoms with Crippen LogP contribution in [0.2, 0.25) is 0 Å². The molecule has 0 radical (unpaired) electrons. The largest absolute Gasteiger partial charge is 0.354 e. The van der Waals surface area contributed by atoms with Crippen molar-refractivity contribution in [3.8, 4) is 0 Å².